The molecule has 0 aromatic carbocycles. The van der Waals surface area contributed by atoms with E-state index in [0.717, 1.165) is 6.42 Å². The van der Waals surface area contributed by atoms with Gasteiger partial charge in [0, 0.05) is 5.71 Å². The normalized spacial score (nSPS) is 20.3. The first kappa shape index (κ1) is 12.3. The van der Waals surface area contributed by atoms with Gasteiger partial charge in [-0.2, -0.15) is 0 Å². The van der Waals surface area contributed by atoms with Crippen LogP contribution in [0.1, 0.15) is 52.9 Å². The van der Waals surface area contributed by atoms with Gasteiger partial charge >= 0.3 is 0 Å². The van der Waals surface area contributed by atoms with Gasteiger partial charge in [0.05, 0.1) is 6.04 Å². The van der Waals surface area contributed by atoms with Crippen molar-refractivity contribution >= 4 is 5.71 Å². The third-order valence-corrected chi connectivity index (χ3v) is 3.10. The fraction of sp³-hybridized carbons (Fsp3) is 0.769. The lowest BCUT2D eigenvalue weighted by atomic mass is 9.98. The molecule has 1 saturated carbocycles. The van der Waals surface area contributed by atoms with E-state index in [1.165, 1.54) is 37.0 Å². The molecule has 15 heavy (non-hydrogen) atoms. The van der Waals surface area contributed by atoms with E-state index in [4.69, 9.17) is 10.7 Å². The fourth-order valence-electron chi connectivity index (χ4n) is 2.22. The summed E-state index contributed by atoms with van der Waals surface area (Å²) in [6.07, 6.45) is 7.92. The van der Waals surface area contributed by atoms with Gasteiger partial charge in [-0.1, -0.05) is 33.6 Å². The van der Waals surface area contributed by atoms with Gasteiger partial charge in [-0.25, -0.2) is 0 Å². The van der Waals surface area contributed by atoms with Crippen LogP contribution in [0.4, 0.5) is 0 Å². The molecule has 0 saturated heterocycles. The van der Waals surface area contributed by atoms with E-state index in [1.807, 2.05) is 0 Å². The highest BCUT2D eigenvalue weighted by molar-refractivity contribution is 6.01. The average molecular weight is 208 g/mol. The Kier molecular flexibility index (Phi) is 4.86. The Bertz CT molecular complexity index is 245. The lowest BCUT2D eigenvalue weighted by Crippen LogP contribution is -2.15. The van der Waals surface area contributed by atoms with Gasteiger partial charge in [-0.15, -0.1) is 0 Å². The minimum absolute atomic E-state index is 0.486. The molecule has 0 amide bonds. The molecule has 0 spiro atoms. The summed E-state index contributed by atoms with van der Waals surface area (Å²) >= 11 is 0. The Morgan fingerprint density at radius 1 is 1.40 bits per heavy atom. The number of nitrogens with zero attached hydrogens (tertiary/aromatic N) is 1. The molecule has 0 atom stereocenters. The molecule has 86 valence electrons. The summed E-state index contributed by atoms with van der Waals surface area (Å²) in [7, 11) is 0. The molecule has 0 bridgehead atoms. The third-order valence-electron chi connectivity index (χ3n) is 3.10. The van der Waals surface area contributed by atoms with Crippen molar-refractivity contribution in [1.29, 1.82) is 0 Å². The molecule has 1 rings (SSSR count). The van der Waals surface area contributed by atoms with Crippen LogP contribution in [0.2, 0.25) is 0 Å². The minimum atomic E-state index is 0.486. The van der Waals surface area contributed by atoms with Crippen LogP contribution < -0.4 is 5.73 Å². The van der Waals surface area contributed by atoms with Gasteiger partial charge in [0.1, 0.15) is 0 Å². The van der Waals surface area contributed by atoms with Gasteiger partial charge in [-0.05, 0) is 37.0 Å². The molecule has 0 radical (unpaired) electrons. The van der Waals surface area contributed by atoms with E-state index in [0.29, 0.717) is 12.0 Å². The minimum Gasteiger partial charge on any atom is -0.404 e. The van der Waals surface area contributed by atoms with Gasteiger partial charge in [0.2, 0.25) is 0 Å². The number of nitrogens with two attached hydrogens (primary N) is 1. The molecular formula is C13H24N2. The highest BCUT2D eigenvalue weighted by atomic mass is 14.8. The van der Waals surface area contributed by atoms with Crippen LogP contribution in [-0.4, -0.2) is 11.8 Å². The Hall–Kier alpha value is -0.790. The Morgan fingerprint density at radius 3 is 2.40 bits per heavy atom. The predicted octanol–water partition coefficient (Wildman–Crippen LogP) is 3.28. The number of hydrogen-bond donors (Lipinski definition) is 1. The second kappa shape index (κ2) is 5.94. The summed E-state index contributed by atoms with van der Waals surface area (Å²) in [4.78, 5) is 4.89. The lowest BCUT2D eigenvalue weighted by Gasteiger charge is -2.15. The smallest absolute Gasteiger partial charge is 0.0503 e. The molecule has 0 aromatic rings. The van der Waals surface area contributed by atoms with Crippen molar-refractivity contribution in [1.82, 2.24) is 0 Å². The van der Waals surface area contributed by atoms with E-state index in [9.17, 15) is 0 Å². The van der Waals surface area contributed by atoms with E-state index in [1.54, 1.807) is 6.20 Å². The SMILES string of the molecule is CC/C(=C/N)C(=NC1CCCC1)C(C)C. The van der Waals surface area contributed by atoms with E-state index in [2.05, 4.69) is 20.8 Å². The van der Waals surface area contributed by atoms with Crippen LogP contribution in [0.15, 0.2) is 16.8 Å². The molecule has 0 heterocycles. The quantitative estimate of drug-likeness (QED) is 0.707. The zero-order valence-corrected chi connectivity index (χ0v) is 10.3. The summed E-state index contributed by atoms with van der Waals surface area (Å²) in [5, 5.41) is 0. The first-order valence-corrected chi connectivity index (χ1v) is 6.17. The van der Waals surface area contributed by atoms with Crippen molar-refractivity contribution < 1.29 is 0 Å². The van der Waals surface area contributed by atoms with E-state index < -0.39 is 0 Å². The summed E-state index contributed by atoms with van der Waals surface area (Å²) in [5.41, 5.74) is 8.10. The molecular weight excluding hydrogens is 184 g/mol. The van der Waals surface area contributed by atoms with Crippen molar-refractivity contribution in [3.05, 3.63) is 11.8 Å². The molecule has 2 heteroatoms. The maximum atomic E-state index is 5.65. The monoisotopic (exact) mass is 208 g/mol. The maximum absolute atomic E-state index is 5.65. The highest BCUT2D eigenvalue weighted by Gasteiger charge is 2.17. The van der Waals surface area contributed by atoms with Gasteiger partial charge in [0.25, 0.3) is 0 Å². The average Bonchev–Trinajstić information content (AvgIpc) is 2.70. The zero-order valence-electron chi connectivity index (χ0n) is 10.3. The number of rotatable bonds is 4. The molecule has 1 aliphatic carbocycles. The number of hydrogen-bond acceptors (Lipinski definition) is 2. The van der Waals surface area contributed by atoms with Crippen molar-refractivity contribution in [3.8, 4) is 0 Å². The summed E-state index contributed by atoms with van der Waals surface area (Å²) in [5.74, 6) is 0.486. The van der Waals surface area contributed by atoms with Crippen LogP contribution in [0.25, 0.3) is 0 Å². The first-order valence-electron chi connectivity index (χ1n) is 6.17. The Balaban J connectivity index is 2.80. The van der Waals surface area contributed by atoms with Gasteiger partial charge in [-0.3, -0.25) is 4.99 Å². The van der Waals surface area contributed by atoms with Crippen molar-refractivity contribution in [2.24, 2.45) is 16.6 Å². The summed E-state index contributed by atoms with van der Waals surface area (Å²) in [6, 6.07) is 0.559. The molecule has 2 nitrogen and oxygen atoms in total. The Labute approximate surface area is 93.7 Å². The Morgan fingerprint density at radius 2 is 2.00 bits per heavy atom. The van der Waals surface area contributed by atoms with Crippen LogP contribution in [0.3, 0.4) is 0 Å². The van der Waals surface area contributed by atoms with Crippen molar-refractivity contribution in [3.63, 3.8) is 0 Å². The summed E-state index contributed by atoms with van der Waals surface area (Å²) in [6.45, 7) is 6.55. The molecule has 2 N–H and O–H groups in total. The van der Waals surface area contributed by atoms with Crippen LogP contribution >= 0.6 is 0 Å². The molecule has 1 aliphatic rings. The second-order valence-corrected chi connectivity index (χ2v) is 4.65. The van der Waals surface area contributed by atoms with Gasteiger partial charge < -0.3 is 5.73 Å². The molecule has 0 unspecified atom stereocenters. The fourth-order valence-corrected chi connectivity index (χ4v) is 2.22. The van der Waals surface area contributed by atoms with Crippen molar-refractivity contribution in [2.75, 3.05) is 0 Å². The van der Waals surface area contributed by atoms with Crippen LogP contribution in [-0.2, 0) is 0 Å². The molecule has 0 aromatic heterocycles. The lowest BCUT2D eigenvalue weighted by molar-refractivity contribution is 0.693. The topological polar surface area (TPSA) is 38.4 Å². The molecule has 0 aliphatic heterocycles. The second-order valence-electron chi connectivity index (χ2n) is 4.65. The largest absolute Gasteiger partial charge is 0.404 e. The molecule has 1 fully saturated rings. The first-order chi connectivity index (χ1) is 7.19. The van der Waals surface area contributed by atoms with E-state index >= 15 is 0 Å². The highest BCUT2D eigenvalue weighted by Crippen LogP contribution is 2.23. The van der Waals surface area contributed by atoms with Crippen molar-refractivity contribution in [2.45, 2.75) is 58.9 Å². The predicted molar refractivity (Wildman–Crippen MR) is 67.1 cm³/mol. The standard InChI is InChI=1S/C13H24N2/c1-4-11(9-14)13(10(2)3)15-12-7-5-6-8-12/h9-10,12H,4-8,14H2,1-3H3/b11-9-,15-13?. The number of aliphatic imine (C=N–C) groups is 1. The van der Waals surface area contributed by atoms with Gasteiger partial charge in [0.15, 0.2) is 0 Å². The summed E-state index contributed by atoms with van der Waals surface area (Å²) < 4.78 is 0. The van der Waals surface area contributed by atoms with E-state index in [-0.39, 0.29) is 0 Å². The van der Waals surface area contributed by atoms with Crippen LogP contribution in [0, 0.1) is 5.92 Å². The van der Waals surface area contributed by atoms with Crippen LogP contribution in [0.5, 0.6) is 0 Å². The maximum Gasteiger partial charge on any atom is 0.0503 e. The number of allylic oxidation sites excluding steroid dienone is 1. The third kappa shape index (κ3) is 3.37. The zero-order chi connectivity index (χ0) is 11.3.